The van der Waals surface area contributed by atoms with E-state index < -0.39 is 16.4 Å². The molecule has 0 spiro atoms. The number of benzene rings is 1. The number of hydrogen-bond acceptors (Lipinski definition) is 4. The lowest BCUT2D eigenvalue weighted by Gasteiger charge is -2.40. The Morgan fingerprint density at radius 3 is 2.38 bits per heavy atom. The van der Waals surface area contributed by atoms with E-state index in [1.54, 1.807) is 4.90 Å². The van der Waals surface area contributed by atoms with E-state index in [-0.39, 0.29) is 22.2 Å². The highest BCUT2D eigenvalue weighted by molar-refractivity contribution is 6.31. The molecule has 0 aliphatic heterocycles. The van der Waals surface area contributed by atoms with Crippen LogP contribution in [0.25, 0.3) is 0 Å². The average Bonchev–Trinajstić information content (AvgIpc) is 2.63. The lowest BCUT2D eigenvalue weighted by molar-refractivity contribution is -0.385. The van der Waals surface area contributed by atoms with Gasteiger partial charge < -0.3 is 10.2 Å². The number of nitrogens with zero attached hydrogens (tertiary/aromatic N) is 2. The molecule has 0 unspecified atom stereocenters. The van der Waals surface area contributed by atoms with Crippen molar-refractivity contribution >= 4 is 29.1 Å². The minimum atomic E-state index is -1.01. The van der Waals surface area contributed by atoms with Crippen LogP contribution in [-0.4, -0.2) is 40.3 Å². The Labute approximate surface area is 157 Å². The Morgan fingerprint density at radius 2 is 1.85 bits per heavy atom. The topological polar surface area (TPSA) is 92.6 Å². The highest BCUT2D eigenvalue weighted by Gasteiger charge is 2.43. The van der Waals surface area contributed by atoms with Gasteiger partial charge in [-0.25, -0.2) is 0 Å². The predicted molar refractivity (Wildman–Crippen MR) is 99.3 cm³/mol. The van der Waals surface area contributed by atoms with E-state index in [2.05, 4.69) is 5.32 Å². The third kappa shape index (κ3) is 4.15. The third-order valence-electron chi connectivity index (χ3n) is 4.92. The number of rotatable bonds is 6. The molecule has 7 nitrogen and oxygen atoms in total. The third-order valence-corrected chi connectivity index (χ3v) is 5.16. The molecule has 2 amide bonds. The van der Waals surface area contributed by atoms with Crippen LogP contribution in [0.3, 0.4) is 0 Å². The van der Waals surface area contributed by atoms with Crippen molar-refractivity contribution in [1.29, 1.82) is 0 Å². The molecule has 0 bridgehead atoms. The molecule has 0 atom stereocenters. The fourth-order valence-corrected chi connectivity index (χ4v) is 3.66. The summed E-state index contributed by atoms with van der Waals surface area (Å²) in [6.07, 6.45) is 3.74. The number of nitro benzene ring substituents is 1. The molecule has 1 aliphatic carbocycles. The quantitative estimate of drug-likeness (QED) is 0.602. The molecule has 8 heteroatoms. The summed E-state index contributed by atoms with van der Waals surface area (Å²) >= 11 is 5.82. The zero-order valence-corrected chi connectivity index (χ0v) is 15.8. The molecule has 2 rings (SSSR count). The zero-order chi connectivity index (χ0) is 19.3. The second-order valence-corrected chi connectivity index (χ2v) is 6.93. The van der Waals surface area contributed by atoms with Crippen molar-refractivity contribution in [2.75, 3.05) is 13.1 Å². The maximum absolute atomic E-state index is 13.1. The average molecular weight is 382 g/mol. The highest BCUT2D eigenvalue weighted by atomic mass is 35.5. The minimum absolute atomic E-state index is 0.0864. The summed E-state index contributed by atoms with van der Waals surface area (Å²) in [7, 11) is 0. The van der Waals surface area contributed by atoms with Crippen molar-refractivity contribution < 1.29 is 14.5 Å². The van der Waals surface area contributed by atoms with E-state index in [1.165, 1.54) is 12.1 Å². The zero-order valence-electron chi connectivity index (χ0n) is 15.1. The van der Waals surface area contributed by atoms with E-state index in [0.29, 0.717) is 25.9 Å². The normalized spacial score (nSPS) is 16.0. The summed E-state index contributed by atoms with van der Waals surface area (Å²) in [6.45, 7) is 4.88. The van der Waals surface area contributed by atoms with Gasteiger partial charge in [-0.2, -0.15) is 0 Å². The number of hydrogen-bond donors (Lipinski definition) is 1. The van der Waals surface area contributed by atoms with Crippen molar-refractivity contribution in [2.45, 2.75) is 51.5 Å². The summed E-state index contributed by atoms with van der Waals surface area (Å²) in [5.41, 5.74) is -1.46. The molecule has 26 heavy (non-hydrogen) atoms. The van der Waals surface area contributed by atoms with Crippen LogP contribution in [0, 0.1) is 10.1 Å². The molecular formula is C18H24ClN3O4. The standard InChI is InChI=1S/C18H24ClN3O4/c1-3-21(4-2)17(24)18(10-6-5-7-11-18)20-16(23)14-9-8-13(19)12-15(14)22(25)26/h8-9,12H,3-7,10-11H2,1-2H3,(H,20,23). The smallest absolute Gasteiger partial charge is 0.283 e. The van der Waals surface area contributed by atoms with E-state index in [4.69, 9.17) is 11.6 Å². The molecule has 0 aromatic heterocycles. The van der Waals surface area contributed by atoms with Crippen LogP contribution >= 0.6 is 11.6 Å². The first-order valence-corrected chi connectivity index (χ1v) is 9.28. The number of carbonyl (C=O) groups excluding carboxylic acids is 2. The van der Waals surface area contributed by atoms with Gasteiger partial charge >= 0.3 is 0 Å². The Morgan fingerprint density at radius 1 is 1.23 bits per heavy atom. The number of carbonyl (C=O) groups is 2. The van der Waals surface area contributed by atoms with Crippen molar-refractivity contribution in [3.63, 3.8) is 0 Å². The van der Waals surface area contributed by atoms with E-state index >= 15 is 0 Å². The van der Waals surface area contributed by atoms with Crippen molar-refractivity contribution in [2.24, 2.45) is 0 Å². The van der Waals surface area contributed by atoms with Gasteiger partial charge in [0.1, 0.15) is 11.1 Å². The maximum Gasteiger partial charge on any atom is 0.283 e. The van der Waals surface area contributed by atoms with Crippen molar-refractivity contribution in [1.82, 2.24) is 10.2 Å². The second-order valence-electron chi connectivity index (χ2n) is 6.49. The molecule has 1 aliphatic rings. The lowest BCUT2D eigenvalue weighted by atomic mass is 9.80. The largest absolute Gasteiger partial charge is 0.341 e. The summed E-state index contributed by atoms with van der Waals surface area (Å²) in [4.78, 5) is 38.2. The Balaban J connectivity index is 2.36. The monoisotopic (exact) mass is 381 g/mol. The Kier molecular flexibility index (Phi) is 6.58. The van der Waals surface area contributed by atoms with Gasteiger partial charge in [-0.1, -0.05) is 30.9 Å². The van der Waals surface area contributed by atoms with Crippen LogP contribution in [0.1, 0.15) is 56.3 Å². The van der Waals surface area contributed by atoms with Crippen LogP contribution in [0.5, 0.6) is 0 Å². The second kappa shape index (κ2) is 8.49. The maximum atomic E-state index is 13.1. The fraction of sp³-hybridized carbons (Fsp3) is 0.556. The Hall–Kier alpha value is -2.15. The molecule has 1 fully saturated rings. The van der Waals surface area contributed by atoms with Gasteiger partial charge in [0, 0.05) is 24.2 Å². The number of likely N-dealkylation sites (N-methyl/N-ethyl adjacent to an activating group) is 1. The molecule has 1 saturated carbocycles. The SMILES string of the molecule is CCN(CC)C(=O)C1(NC(=O)c2ccc(Cl)cc2[N+](=O)[O-])CCCCC1. The van der Waals surface area contributed by atoms with Crippen LogP contribution in [0.4, 0.5) is 5.69 Å². The van der Waals surface area contributed by atoms with E-state index in [1.807, 2.05) is 13.8 Å². The predicted octanol–water partition coefficient (Wildman–Crippen LogP) is 3.55. The molecular weight excluding hydrogens is 358 g/mol. The molecule has 1 aromatic rings. The number of halogens is 1. The summed E-state index contributed by atoms with van der Waals surface area (Å²) in [5, 5.41) is 14.3. The van der Waals surface area contributed by atoms with Gasteiger partial charge in [0.05, 0.1) is 4.92 Å². The first kappa shape index (κ1) is 20.2. The van der Waals surface area contributed by atoms with E-state index in [0.717, 1.165) is 25.3 Å². The van der Waals surface area contributed by atoms with Gasteiger partial charge in [0.2, 0.25) is 5.91 Å². The molecule has 0 saturated heterocycles. The van der Waals surface area contributed by atoms with E-state index in [9.17, 15) is 19.7 Å². The van der Waals surface area contributed by atoms with Crippen molar-refractivity contribution in [3.8, 4) is 0 Å². The fourth-order valence-electron chi connectivity index (χ4n) is 3.49. The number of amides is 2. The van der Waals surface area contributed by atoms with Crippen LogP contribution < -0.4 is 5.32 Å². The molecule has 1 aromatic carbocycles. The summed E-state index contributed by atoms with van der Waals surface area (Å²) < 4.78 is 0. The van der Waals surface area contributed by atoms with Crippen LogP contribution in [-0.2, 0) is 4.79 Å². The molecule has 0 radical (unpaired) electrons. The van der Waals surface area contributed by atoms with Crippen LogP contribution in [0.15, 0.2) is 18.2 Å². The molecule has 1 N–H and O–H groups in total. The Bertz CT molecular complexity index is 698. The minimum Gasteiger partial charge on any atom is -0.341 e. The lowest BCUT2D eigenvalue weighted by Crippen LogP contribution is -2.60. The van der Waals surface area contributed by atoms with Gasteiger partial charge in [0.25, 0.3) is 11.6 Å². The van der Waals surface area contributed by atoms with Gasteiger partial charge in [0.15, 0.2) is 0 Å². The summed E-state index contributed by atoms with van der Waals surface area (Å²) in [6, 6.07) is 3.91. The van der Waals surface area contributed by atoms with Crippen LogP contribution in [0.2, 0.25) is 5.02 Å². The molecule has 142 valence electrons. The number of nitrogens with one attached hydrogen (secondary N) is 1. The van der Waals surface area contributed by atoms with Gasteiger partial charge in [-0.15, -0.1) is 0 Å². The van der Waals surface area contributed by atoms with Gasteiger partial charge in [-0.3, -0.25) is 19.7 Å². The molecule has 0 heterocycles. The van der Waals surface area contributed by atoms with Crippen molar-refractivity contribution in [3.05, 3.63) is 38.9 Å². The summed E-state index contributed by atoms with van der Waals surface area (Å²) in [5.74, 6) is -0.733. The first-order chi connectivity index (χ1) is 12.3. The van der Waals surface area contributed by atoms with Gasteiger partial charge in [-0.05, 0) is 38.8 Å². The highest BCUT2D eigenvalue weighted by Crippen LogP contribution is 2.31. The first-order valence-electron chi connectivity index (χ1n) is 8.90. The number of nitro groups is 1.